The highest BCUT2D eigenvalue weighted by molar-refractivity contribution is 7.92. The summed E-state index contributed by atoms with van der Waals surface area (Å²) in [5, 5.41) is 3.61. The molecule has 42 heavy (non-hydrogen) atoms. The van der Waals surface area contributed by atoms with Gasteiger partial charge in [-0.3, -0.25) is 13.9 Å². The summed E-state index contributed by atoms with van der Waals surface area (Å²) in [7, 11) is -4.14. The molecule has 0 heterocycles. The van der Waals surface area contributed by atoms with Crippen molar-refractivity contribution >= 4 is 50.7 Å². The number of carbonyl (C=O) groups is 2. The Morgan fingerprint density at radius 1 is 0.881 bits per heavy atom. The molecule has 226 valence electrons. The van der Waals surface area contributed by atoms with E-state index in [-0.39, 0.29) is 17.3 Å². The van der Waals surface area contributed by atoms with E-state index in [9.17, 15) is 18.0 Å². The predicted octanol–water partition coefficient (Wildman–Crippen LogP) is 6.84. The smallest absolute Gasteiger partial charge is 0.264 e. The summed E-state index contributed by atoms with van der Waals surface area (Å²) in [6, 6.07) is 16.1. The van der Waals surface area contributed by atoms with E-state index in [4.69, 9.17) is 23.2 Å². The fourth-order valence-corrected chi connectivity index (χ4v) is 6.50. The molecule has 0 spiro atoms. The van der Waals surface area contributed by atoms with E-state index >= 15 is 0 Å². The van der Waals surface area contributed by atoms with Crippen molar-refractivity contribution in [2.75, 3.05) is 17.4 Å². The number of anilines is 1. The lowest BCUT2D eigenvalue weighted by molar-refractivity contribution is -0.140. The summed E-state index contributed by atoms with van der Waals surface area (Å²) in [6.45, 7) is 9.48. The lowest BCUT2D eigenvalue weighted by Crippen LogP contribution is -2.52. The van der Waals surface area contributed by atoms with Crippen LogP contribution in [0.5, 0.6) is 0 Å². The van der Waals surface area contributed by atoms with E-state index in [1.165, 1.54) is 17.0 Å². The molecule has 0 aliphatic carbocycles. The number of unbranched alkanes of at least 4 members (excludes halogenated alkanes) is 1. The van der Waals surface area contributed by atoms with E-state index < -0.39 is 28.5 Å². The molecule has 1 N–H and O–H groups in total. The van der Waals surface area contributed by atoms with Gasteiger partial charge in [-0.2, -0.15) is 0 Å². The predicted molar refractivity (Wildman–Crippen MR) is 171 cm³/mol. The second-order valence-electron chi connectivity index (χ2n) is 10.5. The molecule has 1 atom stereocenters. The lowest BCUT2D eigenvalue weighted by atomic mass is 10.1. The Labute approximate surface area is 259 Å². The SMILES string of the molecule is CCCCNC(=O)[C@H](CC)N(Cc1ccc(Cl)c(Cl)c1)C(=O)CN(c1ccc(C)cc1C)S(=O)(=O)c1ccc(C)cc1. The van der Waals surface area contributed by atoms with Gasteiger partial charge in [0.1, 0.15) is 12.6 Å². The minimum absolute atomic E-state index is 0.0424. The first-order valence-corrected chi connectivity index (χ1v) is 16.3. The van der Waals surface area contributed by atoms with Gasteiger partial charge in [0.25, 0.3) is 10.0 Å². The number of benzene rings is 3. The highest BCUT2D eigenvalue weighted by atomic mass is 35.5. The van der Waals surface area contributed by atoms with Crippen molar-refractivity contribution in [3.05, 3.63) is 93.0 Å². The average Bonchev–Trinajstić information content (AvgIpc) is 2.94. The van der Waals surface area contributed by atoms with Gasteiger partial charge in [-0.25, -0.2) is 8.42 Å². The van der Waals surface area contributed by atoms with Gasteiger partial charge in [0.05, 0.1) is 20.6 Å². The van der Waals surface area contributed by atoms with Crippen LogP contribution < -0.4 is 9.62 Å². The van der Waals surface area contributed by atoms with Gasteiger partial charge >= 0.3 is 0 Å². The molecule has 0 aliphatic rings. The zero-order valence-electron chi connectivity index (χ0n) is 24.8. The topological polar surface area (TPSA) is 86.8 Å². The Morgan fingerprint density at radius 3 is 2.14 bits per heavy atom. The standard InChI is InChI=1S/C32H39Cl2N3O4S/c1-6-8-17-35-32(39)29(7-2)36(20-25-12-15-27(33)28(34)19-25)31(38)21-37(30-16-11-23(4)18-24(30)5)42(40,41)26-13-9-22(3)10-14-26/h9-16,18-19,29H,6-8,17,20-21H2,1-5H3,(H,35,39)/t29-/m0/s1. The number of sulfonamides is 1. The van der Waals surface area contributed by atoms with Crippen molar-refractivity contribution < 1.29 is 18.0 Å². The number of amides is 2. The van der Waals surface area contributed by atoms with Crippen LogP contribution in [-0.2, 0) is 26.2 Å². The van der Waals surface area contributed by atoms with E-state index in [0.29, 0.717) is 39.8 Å². The van der Waals surface area contributed by atoms with Gasteiger partial charge in [0.15, 0.2) is 0 Å². The summed E-state index contributed by atoms with van der Waals surface area (Å²) < 4.78 is 29.3. The molecule has 3 aromatic rings. The Morgan fingerprint density at radius 2 is 1.55 bits per heavy atom. The number of hydrogen-bond acceptors (Lipinski definition) is 4. The Kier molecular flexibility index (Phi) is 11.9. The van der Waals surface area contributed by atoms with Crippen LogP contribution in [0, 0.1) is 20.8 Å². The maximum atomic E-state index is 14.2. The molecule has 0 bridgehead atoms. The Hall–Kier alpha value is -3.07. The third kappa shape index (κ3) is 8.27. The first-order chi connectivity index (χ1) is 19.9. The monoisotopic (exact) mass is 631 g/mol. The maximum absolute atomic E-state index is 14.2. The van der Waals surface area contributed by atoms with Gasteiger partial charge in [0, 0.05) is 13.1 Å². The molecular formula is C32H39Cl2N3O4S. The molecule has 10 heteroatoms. The van der Waals surface area contributed by atoms with Crippen molar-refractivity contribution in [1.29, 1.82) is 0 Å². The zero-order valence-corrected chi connectivity index (χ0v) is 27.1. The van der Waals surface area contributed by atoms with Crippen LogP contribution in [0.25, 0.3) is 0 Å². The third-order valence-electron chi connectivity index (χ3n) is 7.06. The van der Waals surface area contributed by atoms with Crippen molar-refractivity contribution in [1.82, 2.24) is 10.2 Å². The molecule has 7 nitrogen and oxygen atoms in total. The van der Waals surface area contributed by atoms with Gasteiger partial charge in [-0.15, -0.1) is 0 Å². The van der Waals surface area contributed by atoms with Gasteiger partial charge in [-0.05, 0) is 75.1 Å². The number of rotatable bonds is 13. The first-order valence-electron chi connectivity index (χ1n) is 14.1. The lowest BCUT2D eigenvalue weighted by Gasteiger charge is -2.33. The number of nitrogens with one attached hydrogen (secondary N) is 1. The number of hydrogen-bond donors (Lipinski definition) is 1. The molecule has 0 fully saturated rings. The van der Waals surface area contributed by atoms with Crippen LogP contribution in [0.3, 0.4) is 0 Å². The molecule has 3 aromatic carbocycles. The van der Waals surface area contributed by atoms with Crippen molar-refractivity contribution in [2.45, 2.75) is 71.4 Å². The van der Waals surface area contributed by atoms with Crippen LogP contribution >= 0.6 is 23.2 Å². The summed E-state index contributed by atoms with van der Waals surface area (Å²) in [4.78, 5) is 29.0. The van der Waals surface area contributed by atoms with Crippen LogP contribution in [-0.4, -0.2) is 44.3 Å². The molecule has 0 saturated carbocycles. The van der Waals surface area contributed by atoms with E-state index in [1.807, 2.05) is 46.8 Å². The highest BCUT2D eigenvalue weighted by Crippen LogP contribution is 2.29. The summed E-state index contributed by atoms with van der Waals surface area (Å²) in [6.07, 6.45) is 2.04. The molecule has 0 saturated heterocycles. The molecule has 2 amide bonds. The first kappa shape index (κ1) is 33.4. The molecule has 3 rings (SSSR count). The minimum Gasteiger partial charge on any atom is -0.354 e. The van der Waals surface area contributed by atoms with Crippen molar-refractivity contribution in [3.63, 3.8) is 0 Å². The van der Waals surface area contributed by atoms with Crippen molar-refractivity contribution in [3.8, 4) is 0 Å². The molecule has 0 aromatic heterocycles. The maximum Gasteiger partial charge on any atom is 0.264 e. The molecule has 0 radical (unpaired) electrons. The van der Waals surface area contributed by atoms with E-state index in [0.717, 1.165) is 28.3 Å². The molecular weight excluding hydrogens is 593 g/mol. The third-order valence-corrected chi connectivity index (χ3v) is 9.57. The zero-order chi connectivity index (χ0) is 31.0. The van der Waals surface area contributed by atoms with Gasteiger partial charge < -0.3 is 10.2 Å². The summed E-state index contributed by atoms with van der Waals surface area (Å²) >= 11 is 12.4. The highest BCUT2D eigenvalue weighted by Gasteiger charge is 2.34. The van der Waals surface area contributed by atoms with Gasteiger partial charge in [0.2, 0.25) is 11.8 Å². The number of nitrogens with zero attached hydrogens (tertiary/aromatic N) is 2. The van der Waals surface area contributed by atoms with E-state index in [2.05, 4.69) is 5.32 Å². The number of aryl methyl sites for hydroxylation is 3. The van der Waals surface area contributed by atoms with Crippen LogP contribution in [0.15, 0.2) is 65.6 Å². The number of halogens is 2. The summed E-state index contributed by atoms with van der Waals surface area (Å²) in [5.41, 5.74) is 3.64. The quantitative estimate of drug-likeness (QED) is 0.209. The normalized spacial score (nSPS) is 12.1. The average molecular weight is 633 g/mol. The fraction of sp³-hybridized carbons (Fsp3) is 0.375. The molecule has 0 unspecified atom stereocenters. The Bertz CT molecular complexity index is 1510. The van der Waals surface area contributed by atoms with Gasteiger partial charge in [-0.1, -0.05) is 84.9 Å². The minimum atomic E-state index is -4.14. The second kappa shape index (κ2) is 14.9. The van der Waals surface area contributed by atoms with Crippen LogP contribution in [0.2, 0.25) is 10.0 Å². The summed E-state index contributed by atoms with van der Waals surface area (Å²) in [5.74, 6) is -0.812. The van der Waals surface area contributed by atoms with Crippen molar-refractivity contribution in [2.24, 2.45) is 0 Å². The van der Waals surface area contributed by atoms with E-state index in [1.54, 1.807) is 36.4 Å². The molecule has 0 aliphatic heterocycles. The second-order valence-corrected chi connectivity index (χ2v) is 13.1. The van der Waals surface area contributed by atoms with Crippen LogP contribution in [0.1, 0.15) is 55.4 Å². The number of carbonyl (C=O) groups excluding carboxylic acids is 2. The largest absolute Gasteiger partial charge is 0.354 e. The van der Waals surface area contributed by atoms with Crippen LogP contribution in [0.4, 0.5) is 5.69 Å². The fourth-order valence-electron chi connectivity index (χ4n) is 4.70. The Balaban J connectivity index is 2.08.